The molecule has 0 radical (unpaired) electrons. The predicted octanol–water partition coefficient (Wildman–Crippen LogP) is 2.31. The molecule has 0 aliphatic heterocycles. The minimum absolute atomic E-state index is 0.105. The number of carbonyl (C=O) groups excluding carboxylic acids is 1. The zero-order valence-electron chi connectivity index (χ0n) is 10.8. The van der Waals surface area contributed by atoms with E-state index in [2.05, 4.69) is 21.4 Å². The van der Waals surface area contributed by atoms with Gasteiger partial charge in [0.2, 0.25) is 5.91 Å². The third-order valence-electron chi connectivity index (χ3n) is 3.34. The van der Waals surface area contributed by atoms with E-state index in [-0.39, 0.29) is 12.0 Å². The van der Waals surface area contributed by atoms with Gasteiger partial charge in [0.05, 0.1) is 12.5 Å². The molecule has 1 aliphatic rings. The lowest BCUT2D eigenvalue weighted by Gasteiger charge is -2.25. The number of nitrogens with two attached hydrogens (primary N) is 1. The highest BCUT2D eigenvalue weighted by atomic mass is 79.9. The molecule has 1 aromatic carbocycles. The van der Waals surface area contributed by atoms with E-state index in [0.717, 1.165) is 35.7 Å². The van der Waals surface area contributed by atoms with Gasteiger partial charge in [-0.25, -0.2) is 5.48 Å². The monoisotopic (exact) mass is 326 g/mol. The third-order valence-corrected chi connectivity index (χ3v) is 3.86. The smallest absolute Gasteiger partial charge is 0.247 e. The van der Waals surface area contributed by atoms with Crippen LogP contribution in [0.3, 0.4) is 0 Å². The first-order valence-electron chi connectivity index (χ1n) is 6.58. The number of rotatable bonds is 4. The van der Waals surface area contributed by atoms with Gasteiger partial charge in [-0.05, 0) is 43.4 Å². The van der Waals surface area contributed by atoms with Crippen molar-refractivity contribution in [1.29, 1.82) is 0 Å². The summed E-state index contributed by atoms with van der Waals surface area (Å²) in [4.78, 5) is 17.2. The van der Waals surface area contributed by atoms with Gasteiger partial charge in [-0.3, -0.25) is 9.63 Å². The van der Waals surface area contributed by atoms with Gasteiger partial charge in [-0.1, -0.05) is 28.1 Å². The molecular formula is C14H19BrN2O2. The summed E-state index contributed by atoms with van der Waals surface area (Å²) in [6.07, 6.45) is 4.20. The summed E-state index contributed by atoms with van der Waals surface area (Å²) >= 11 is 3.36. The third kappa shape index (κ3) is 4.93. The lowest BCUT2D eigenvalue weighted by Crippen LogP contribution is -2.36. The van der Waals surface area contributed by atoms with Crippen molar-refractivity contribution in [2.45, 2.75) is 44.2 Å². The van der Waals surface area contributed by atoms with E-state index < -0.39 is 0 Å². The lowest BCUT2D eigenvalue weighted by molar-refractivity contribution is -0.139. The summed E-state index contributed by atoms with van der Waals surface area (Å²) in [5, 5.41) is 0. The van der Waals surface area contributed by atoms with Crippen LogP contribution in [0.4, 0.5) is 0 Å². The predicted molar refractivity (Wildman–Crippen MR) is 77.3 cm³/mol. The number of nitrogens with one attached hydrogen (secondary N) is 1. The molecule has 0 saturated heterocycles. The summed E-state index contributed by atoms with van der Waals surface area (Å²) in [5.41, 5.74) is 9.33. The zero-order chi connectivity index (χ0) is 13.7. The molecule has 1 saturated carbocycles. The van der Waals surface area contributed by atoms with Gasteiger partial charge in [-0.15, -0.1) is 0 Å². The van der Waals surface area contributed by atoms with Crippen molar-refractivity contribution in [2.75, 3.05) is 0 Å². The molecule has 19 heavy (non-hydrogen) atoms. The molecule has 1 aromatic rings. The molecule has 0 atom stereocenters. The van der Waals surface area contributed by atoms with Gasteiger partial charge in [0.1, 0.15) is 0 Å². The summed E-state index contributed by atoms with van der Waals surface area (Å²) in [6.45, 7) is 0. The molecule has 0 bridgehead atoms. The lowest BCUT2D eigenvalue weighted by atomic mass is 9.94. The molecule has 0 unspecified atom stereocenters. The molecular weight excluding hydrogens is 308 g/mol. The van der Waals surface area contributed by atoms with Gasteiger partial charge in [0, 0.05) is 10.5 Å². The Bertz CT molecular complexity index is 414. The minimum atomic E-state index is -0.114. The Hall–Kier alpha value is -0.910. The largest absolute Gasteiger partial charge is 0.328 e. The number of carbonyl (C=O) groups is 1. The highest BCUT2D eigenvalue weighted by Gasteiger charge is 2.19. The van der Waals surface area contributed by atoms with Crippen molar-refractivity contribution in [1.82, 2.24) is 5.48 Å². The molecule has 0 aromatic heterocycles. The average Bonchev–Trinajstić information content (AvgIpc) is 2.41. The molecule has 1 fully saturated rings. The van der Waals surface area contributed by atoms with E-state index in [1.54, 1.807) is 0 Å². The van der Waals surface area contributed by atoms with Crippen LogP contribution in [0.15, 0.2) is 28.7 Å². The second-order valence-electron chi connectivity index (χ2n) is 4.98. The van der Waals surface area contributed by atoms with Crippen molar-refractivity contribution >= 4 is 21.8 Å². The Morgan fingerprint density at radius 2 is 1.89 bits per heavy atom. The molecule has 1 aliphatic carbocycles. The average molecular weight is 327 g/mol. The zero-order valence-corrected chi connectivity index (χ0v) is 12.4. The van der Waals surface area contributed by atoms with E-state index in [1.807, 2.05) is 24.3 Å². The van der Waals surface area contributed by atoms with Crippen LogP contribution in [0.1, 0.15) is 31.2 Å². The maximum Gasteiger partial charge on any atom is 0.247 e. The van der Waals surface area contributed by atoms with Crippen LogP contribution in [0, 0.1) is 0 Å². The molecule has 104 valence electrons. The minimum Gasteiger partial charge on any atom is -0.328 e. The number of hydrogen-bond donors (Lipinski definition) is 2. The van der Waals surface area contributed by atoms with E-state index in [4.69, 9.17) is 10.6 Å². The first-order chi connectivity index (χ1) is 9.13. The summed E-state index contributed by atoms with van der Waals surface area (Å²) < 4.78 is 1.01. The van der Waals surface area contributed by atoms with Gasteiger partial charge in [-0.2, -0.15) is 0 Å². The number of amides is 1. The van der Waals surface area contributed by atoms with Crippen molar-refractivity contribution in [3.63, 3.8) is 0 Å². The van der Waals surface area contributed by atoms with Crippen LogP contribution in [-0.2, 0) is 16.1 Å². The number of hydrogen-bond acceptors (Lipinski definition) is 3. The molecule has 0 heterocycles. The topological polar surface area (TPSA) is 64.3 Å². The van der Waals surface area contributed by atoms with E-state index in [1.165, 1.54) is 0 Å². The maximum absolute atomic E-state index is 11.7. The summed E-state index contributed by atoms with van der Waals surface area (Å²) in [7, 11) is 0. The van der Waals surface area contributed by atoms with Gasteiger partial charge in [0.25, 0.3) is 0 Å². The van der Waals surface area contributed by atoms with E-state index in [0.29, 0.717) is 12.5 Å². The molecule has 5 heteroatoms. The van der Waals surface area contributed by atoms with Crippen LogP contribution >= 0.6 is 15.9 Å². The Balaban J connectivity index is 1.71. The fraction of sp³-hybridized carbons (Fsp3) is 0.500. The van der Waals surface area contributed by atoms with Crippen molar-refractivity contribution < 1.29 is 9.63 Å². The Kier molecular flexibility index (Phi) is 5.36. The molecule has 2 rings (SSSR count). The van der Waals surface area contributed by atoms with E-state index in [9.17, 15) is 4.79 Å². The van der Waals surface area contributed by atoms with Crippen LogP contribution in [0.25, 0.3) is 0 Å². The quantitative estimate of drug-likeness (QED) is 0.834. The standard InChI is InChI=1S/C14H19BrN2O2/c15-11-3-1-10(2-4-11)9-14(18)17-19-13-7-5-12(16)6-8-13/h1-4,12-13H,5-9,16H2,(H,17,18). The molecule has 4 nitrogen and oxygen atoms in total. The van der Waals surface area contributed by atoms with Gasteiger partial charge < -0.3 is 5.73 Å². The van der Waals surface area contributed by atoms with Gasteiger partial charge in [0.15, 0.2) is 0 Å². The summed E-state index contributed by atoms with van der Waals surface area (Å²) in [6, 6.07) is 7.98. The SMILES string of the molecule is NC1CCC(ONC(=O)Cc2ccc(Br)cc2)CC1. The normalized spacial score (nSPS) is 23.1. The second kappa shape index (κ2) is 7.03. The maximum atomic E-state index is 11.7. The first kappa shape index (κ1) is 14.5. The molecule has 1 amide bonds. The summed E-state index contributed by atoms with van der Waals surface area (Å²) in [5.74, 6) is -0.114. The second-order valence-corrected chi connectivity index (χ2v) is 5.90. The Morgan fingerprint density at radius 1 is 1.26 bits per heavy atom. The van der Waals surface area contributed by atoms with Crippen LogP contribution < -0.4 is 11.2 Å². The van der Waals surface area contributed by atoms with Crippen LogP contribution in [0.2, 0.25) is 0 Å². The Morgan fingerprint density at radius 3 is 2.53 bits per heavy atom. The first-order valence-corrected chi connectivity index (χ1v) is 7.37. The number of halogens is 1. The fourth-order valence-electron chi connectivity index (χ4n) is 2.18. The molecule has 0 spiro atoms. The Labute approximate surface area is 121 Å². The van der Waals surface area contributed by atoms with Crippen molar-refractivity contribution in [3.8, 4) is 0 Å². The fourth-order valence-corrected chi connectivity index (χ4v) is 2.44. The van der Waals surface area contributed by atoms with Gasteiger partial charge >= 0.3 is 0 Å². The van der Waals surface area contributed by atoms with Crippen LogP contribution in [0.5, 0.6) is 0 Å². The van der Waals surface area contributed by atoms with Crippen molar-refractivity contribution in [2.24, 2.45) is 5.73 Å². The highest BCUT2D eigenvalue weighted by Crippen LogP contribution is 2.19. The number of benzene rings is 1. The number of hydroxylamine groups is 1. The van der Waals surface area contributed by atoms with E-state index >= 15 is 0 Å². The molecule has 3 N–H and O–H groups in total. The highest BCUT2D eigenvalue weighted by molar-refractivity contribution is 9.10. The van der Waals surface area contributed by atoms with Crippen LogP contribution in [-0.4, -0.2) is 18.1 Å². The van der Waals surface area contributed by atoms with Crippen molar-refractivity contribution in [3.05, 3.63) is 34.3 Å².